The fourth-order valence-corrected chi connectivity index (χ4v) is 3.06. The molecule has 0 radical (unpaired) electrons. The third-order valence-corrected chi connectivity index (χ3v) is 6.20. The van der Waals surface area contributed by atoms with Crippen LogP contribution in [0.25, 0.3) is 0 Å². The molecule has 0 aliphatic rings. The van der Waals surface area contributed by atoms with Gasteiger partial charge in [0.25, 0.3) is 0 Å². The Labute approximate surface area is 242 Å². The van der Waals surface area contributed by atoms with Gasteiger partial charge in [0.05, 0.1) is 13.7 Å². The minimum atomic E-state index is -0.981. The predicted octanol–water partition coefficient (Wildman–Crippen LogP) is 5.58. The first kappa shape index (κ1) is 35.5. The number of nitrogens with one attached hydrogen (secondary N) is 1. The number of benzene rings is 1. The molecule has 0 amide bonds. The standard InChI is InChI=1S/C29H45NO11/c1-9-18(4)17-36-27(32)39-21(7)16-30-23(26(31)35-8)14-22-12-13-24(40-28(33)37-19(5)10-2)25(15-22)41-29(34)38-20(6)11-3/h12-13,15,18-21,23,30H,9-11,14,16-17H2,1-8H3/t18?,19?,20?,21?,23-/m0/s1. The van der Waals surface area contributed by atoms with E-state index >= 15 is 0 Å². The highest BCUT2D eigenvalue weighted by molar-refractivity contribution is 5.76. The molecule has 232 valence electrons. The highest BCUT2D eigenvalue weighted by Gasteiger charge is 2.24. The Balaban J connectivity index is 3.02. The Morgan fingerprint density at radius 3 is 1.85 bits per heavy atom. The van der Waals surface area contributed by atoms with Crippen LogP contribution in [0, 0.1) is 5.92 Å². The van der Waals surface area contributed by atoms with Gasteiger partial charge in [-0.1, -0.05) is 40.2 Å². The van der Waals surface area contributed by atoms with Crippen LogP contribution in [0.2, 0.25) is 0 Å². The summed E-state index contributed by atoms with van der Waals surface area (Å²) in [6, 6.07) is 3.63. The Bertz CT molecular complexity index is 984. The smallest absolute Gasteiger partial charge is 0.468 e. The SMILES string of the molecule is CCC(C)COC(=O)OC(C)CN[C@@H](Cc1ccc(OC(=O)OC(C)CC)c(OC(=O)OC(C)CC)c1)C(=O)OC. The average Bonchev–Trinajstić information content (AvgIpc) is 2.94. The number of hydrogen-bond donors (Lipinski definition) is 1. The Kier molecular flexibility index (Phi) is 16.2. The molecule has 0 aliphatic carbocycles. The number of ether oxygens (including phenoxy) is 7. The Morgan fingerprint density at radius 1 is 0.756 bits per heavy atom. The van der Waals surface area contributed by atoms with Crippen molar-refractivity contribution in [1.29, 1.82) is 0 Å². The van der Waals surface area contributed by atoms with Crippen LogP contribution < -0.4 is 14.8 Å². The van der Waals surface area contributed by atoms with Gasteiger partial charge in [-0.15, -0.1) is 0 Å². The van der Waals surface area contributed by atoms with Crippen molar-refractivity contribution >= 4 is 24.4 Å². The van der Waals surface area contributed by atoms with E-state index in [1.165, 1.54) is 19.2 Å². The first-order valence-corrected chi connectivity index (χ1v) is 14.0. The van der Waals surface area contributed by atoms with Crippen molar-refractivity contribution in [1.82, 2.24) is 5.32 Å². The van der Waals surface area contributed by atoms with Gasteiger partial charge >= 0.3 is 24.4 Å². The van der Waals surface area contributed by atoms with Crippen molar-refractivity contribution in [3.63, 3.8) is 0 Å². The van der Waals surface area contributed by atoms with E-state index in [1.807, 2.05) is 27.7 Å². The third kappa shape index (κ3) is 14.1. The van der Waals surface area contributed by atoms with Crippen molar-refractivity contribution in [3.8, 4) is 11.5 Å². The summed E-state index contributed by atoms with van der Waals surface area (Å²) in [7, 11) is 1.25. The number of hydrogen-bond acceptors (Lipinski definition) is 12. The molecule has 0 saturated carbocycles. The lowest BCUT2D eigenvalue weighted by atomic mass is 10.0. The molecule has 5 atom stereocenters. The highest BCUT2D eigenvalue weighted by atomic mass is 16.8. The topological polar surface area (TPSA) is 145 Å². The minimum Gasteiger partial charge on any atom is -0.468 e. The van der Waals surface area contributed by atoms with Crippen LogP contribution in [0.3, 0.4) is 0 Å². The van der Waals surface area contributed by atoms with Gasteiger partial charge in [0.15, 0.2) is 11.5 Å². The Hall–Kier alpha value is -3.54. The number of carbonyl (C=O) groups is 4. The predicted molar refractivity (Wildman–Crippen MR) is 149 cm³/mol. The van der Waals surface area contributed by atoms with E-state index in [9.17, 15) is 19.2 Å². The molecule has 12 heteroatoms. The molecule has 1 N–H and O–H groups in total. The van der Waals surface area contributed by atoms with Crippen LogP contribution >= 0.6 is 0 Å². The van der Waals surface area contributed by atoms with Crippen LogP contribution in [0.5, 0.6) is 11.5 Å². The fraction of sp³-hybridized carbons (Fsp3) is 0.655. The van der Waals surface area contributed by atoms with Gasteiger partial charge in [0.2, 0.25) is 0 Å². The summed E-state index contributed by atoms with van der Waals surface area (Å²) in [4.78, 5) is 49.0. The van der Waals surface area contributed by atoms with Gasteiger partial charge in [-0.05, 0) is 63.6 Å². The van der Waals surface area contributed by atoms with Crippen LogP contribution in [-0.4, -0.2) is 69.1 Å². The number of esters is 1. The second kappa shape index (κ2) is 18.7. The Morgan fingerprint density at radius 2 is 1.32 bits per heavy atom. The van der Waals surface area contributed by atoms with E-state index in [1.54, 1.807) is 26.8 Å². The molecule has 12 nitrogen and oxygen atoms in total. The van der Waals surface area contributed by atoms with Gasteiger partial charge in [-0.2, -0.15) is 0 Å². The van der Waals surface area contributed by atoms with Crippen LogP contribution in [0.1, 0.15) is 73.3 Å². The number of methoxy groups -OCH3 is 1. The zero-order valence-electron chi connectivity index (χ0n) is 25.4. The van der Waals surface area contributed by atoms with Crippen LogP contribution in [-0.2, 0) is 34.9 Å². The number of rotatable bonds is 16. The van der Waals surface area contributed by atoms with Gasteiger partial charge in [-0.25, -0.2) is 14.4 Å². The van der Waals surface area contributed by atoms with Gasteiger partial charge in [0, 0.05) is 6.54 Å². The number of carbonyl (C=O) groups excluding carboxylic acids is 4. The molecule has 0 bridgehead atoms. The second-order valence-corrected chi connectivity index (χ2v) is 9.85. The lowest BCUT2D eigenvalue weighted by Crippen LogP contribution is -2.43. The molecular formula is C29H45NO11. The summed E-state index contributed by atoms with van der Waals surface area (Å²) in [6.45, 7) is 13.1. The second-order valence-electron chi connectivity index (χ2n) is 9.85. The van der Waals surface area contributed by atoms with E-state index in [0.29, 0.717) is 18.4 Å². The van der Waals surface area contributed by atoms with Crippen molar-refractivity contribution in [2.75, 3.05) is 20.3 Å². The summed E-state index contributed by atoms with van der Waals surface area (Å²) >= 11 is 0. The maximum absolute atomic E-state index is 12.5. The van der Waals surface area contributed by atoms with Gasteiger partial charge in [0.1, 0.15) is 24.4 Å². The molecule has 1 rings (SSSR count). The fourth-order valence-electron chi connectivity index (χ4n) is 3.06. The zero-order chi connectivity index (χ0) is 30.9. The van der Waals surface area contributed by atoms with E-state index in [4.69, 9.17) is 33.2 Å². The molecule has 41 heavy (non-hydrogen) atoms. The largest absolute Gasteiger partial charge is 0.514 e. The maximum Gasteiger partial charge on any atom is 0.514 e. The third-order valence-electron chi connectivity index (χ3n) is 6.20. The first-order valence-electron chi connectivity index (χ1n) is 14.0. The summed E-state index contributed by atoms with van der Waals surface area (Å²) in [5.41, 5.74) is 0.545. The first-order chi connectivity index (χ1) is 19.4. The molecule has 0 aromatic heterocycles. The zero-order valence-corrected chi connectivity index (χ0v) is 25.4. The van der Waals surface area contributed by atoms with Gasteiger partial charge < -0.3 is 38.5 Å². The normalized spacial score (nSPS) is 14.4. The lowest BCUT2D eigenvalue weighted by molar-refractivity contribution is -0.143. The van der Waals surface area contributed by atoms with Crippen molar-refractivity contribution in [2.45, 2.75) is 98.5 Å². The lowest BCUT2D eigenvalue weighted by Gasteiger charge is -2.20. The van der Waals surface area contributed by atoms with E-state index in [0.717, 1.165) is 6.42 Å². The summed E-state index contributed by atoms with van der Waals surface area (Å²) in [5, 5.41) is 3.02. The monoisotopic (exact) mass is 583 g/mol. The van der Waals surface area contributed by atoms with Crippen molar-refractivity contribution < 1.29 is 52.3 Å². The van der Waals surface area contributed by atoms with Crippen LogP contribution in [0.4, 0.5) is 14.4 Å². The van der Waals surface area contributed by atoms with Crippen LogP contribution in [0.15, 0.2) is 18.2 Å². The van der Waals surface area contributed by atoms with Crippen molar-refractivity contribution in [2.24, 2.45) is 5.92 Å². The molecule has 1 aromatic rings. The quantitative estimate of drug-likeness (QED) is 0.147. The minimum absolute atomic E-state index is 0.0661. The van der Waals surface area contributed by atoms with E-state index in [2.05, 4.69) is 5.32 Å². The summed E-state index contributed by atoms with van der Waals surface area (Å²) in [5.74, 6) is -0.509. The molecule has 4 unspecified atom stereocenters. The molecule has 0 spiro atoms. The molecule has 0 aliphatic heterocycles. The van der Waals surface area contributed by atoms with Crippen molar-refractivity contribution in [3.05, 3.63) is 23.8 Å². The highest BCUT2D eigenvalue weighted by Crippen LogP contribution is 2.30. The van der Waals surface area contributed by atoms with Gasteiger partial charge in [-0.3, -0.25) is 4.79 Å². The average molecular weight is 584 g/mol. The molecule has 0 fully saturated rings. The summed E-state index contributed by atoms with van der Waals surface area (Å²) in [6.07, 6.45) is -1.97. The maximum atomic E-state index is 12.5. The molecular weight excluding hydrogens is 538 g/mol. The van der Waals surface area contributed by atoms with E-state index < -0.39 is 42.7 Å². The summed E-state index contributed by atoms with van der Waals surface area (Å²) < 4.78 is 36.2. The molecule has 0 heterocycles. The molecule has 1 aromatic carbocycles. The molecule has 0 saturated heterocycles. The van der Waals surface area contributed by atoms with E-state index in [-0.39, 0.29) is 43.1 Å².